The van der Waals surface area contributed by atoms with Crippen LogP contribution in [0.2, 0.25) is 0 Å². The number of likely N-dealkylation sites (tertiary alicyclic amines) is 1. The second kappa shape index (κ2) is 4.73. The SMILES string of the molecule is N[C@H]1CCN(CCc2ccc(F)cc2)C1. The second-order valence-electron chi connectivity index (χ2n) is 4.23. The molecule has 0 aliphatic carbocycles. The Morgan fingerprint density at radius 1 is 1.33 bits per heavy atom. The largest absolute Gasteiger partial charge is 0.326 e. The molecule has 82 valence electrons. The number of rotatable bonds is 3. The van der Waals surface area contributed by atoms with Crippen LogP contribution in [0.15, 0.2) is 24.3 Å². The van der Waals surface area contributed by atoms with Crippen LogP contribution in [0.1, 0.15) is 12.0 Å². The van der Waals surface area contributed by atoms with Gasteiger partial charge in [0.2, 0.25) is 0 Å². The highest BCUT2D eigenvalue weighted by molar-refractivity contribution is 5.16. The van der Waals surface area contributed by atoms with Crippen molar-refractivity contribution < 1.29 is 4.39 Å². The number of nitrogens with two attached hydrogens (primary N) is 1. The minimum atomic E-state index is -0.165. The summed E-state index contributed by atoms with van der Waals surface area (Å²) in [7, 11) is 0. The third kappa shape index (κ3) is 3.01. The quantitative estimate of drug-likeness (QED) is 0.813. The molecular weight excluding hydrogens is 191 g/mol. The van der Waals surface area contributed by atoms with Gasteiger partial charge in [-0.2, -0.15) is 0 Å². The minimum Gasteiger partial charge on any atom is -0.326 e. The summed E-state index contributed by atoms with van der Waals surface area (Å²) < 4.78 is 12.7. The Labute approximate surface area is 89.9 Å². The normalized spacial score (nSPS) is 22.1. The van der Waals surface area contributed by atoms with E-state index in [1.54, 1.807) is 0 Å². The molecule has 1 aromatic carbocycles. The Morgan fingerprint density at radius 2 is 2.07 bits per heavy atom. The van der Waals surface area contributed by atoms with Crippen molar-refractivity contribution in [2.45, 2.75) is 18.9 Å². The Hall–Kier alpha value is -0.930. The molecule has 1 aliphatic heterocycles. The van der Waals surface area contributed by atoms with Gasteiger partial charge in [0.15, 0.2) is 0 Å². The summed E-state index contributed by atoms with van der Waals surface area (Å²) in [4.78, 5) is 2.37. The molecule has 2 N–H and O–H groups in total. The summed E-state index contributed by atoms with van der Waals surface area (Å²) in [5, 5.41) is 0. The Morgan fingerprint density at radius 3 is 2.67 bits per heavy atom. The molecule has 0 radical (unpaired) electrons. The predicted molar refractivity (Wildman–Crippen MR) is 59.1 cm³/mol. The number of halogens is 1. The fraction of sp³-hybridized carbons (Fsp3) is 0.500. The summed E-state index contributed by atoms with van der Waals surface area (Å²) in [5.74, 6) is -0.165. The molecule has 0 amide bonds. The van der Waals surface area contributed by atoms with Gasteiger partial charge in [0.05, 0.1) is 0 Å². The van der Waals surface area contributed by atoms with Crippen LogP contribution in [0, 0.1) is 5.82 Å². The second-order valence-corrected chi connectivity index (χ2v) is 4.23. The van der Waals surface area contributed by atoms with E-state index in [1.165, 1.54) is 17.7 Å². The van der Waals surface area contributed by atoms with Gasteiger partial charge in [0.25, 0.3) is 0 Å². The van der Waals surface area contributed by atoms with Crippen LogP contribution in [-0.2, 0) is 6.42 Å². The van der Waals surface area contributed by atoms with E-state index in [0.717, 1.165) is 32.5 Å². The molecule has 0 unspecified atom stereocenters. The first kappa shape index (κ1) is 10.6. The van der Waals surface area contributed by atoms with Crippen molar-refractivity contribution in [3.8, 4) is 0 Å². The number of hydrogen-bond donors (Lipinski definition) is 1. The van der Waals surface area contributed by atoms with E-state index in [2.05, 4.69) is 4.90 Å². The van der Waals surface area contributed by atoms with Gasteiger partial charge in [0, 0.05) is 19.1 Å². The maximum Gasteiger partial charge on any atom is 0.123 e. The van der Waals surface area contributed by atoms with Crippen molar-refractivity contribution in [1.82, 2.24) is 4.90 Å². The minimum absolute atomic E-state index is 0.165. The van der Waals surface area contributed by atoms with Gasteiger partial charge in [-0.1, -0.05) is 12.1 Å². The van der Waals surface area contributed by atoms with E-state index < -0.39 is 0 Å². The van der Waals surface area contributed by atoms with Crippen molar-refractivity contribution in [3.63, 3.8) is 0 Å². The molecule has 1 fully saturated rings. The molecule has 2 rings (SSSR count). The van der Waals surface area contributed by atoms with Crippen molar-refractivity contribution in [2.24, 2.45) is 5.73 Å². The molecule has 1 aromatic rings. The molecule has 0 saturated carbocycles. The van der Waals surface area contributed by atoms with Crippen molar-refractivity contribution in [2.75, 3.05) is 19.6 Å². The van der Waals surface area contributed by atoms with Gasteiger partial charge in [-0.25, -0.2) is 4.39 Å². The Bertz CT molecular complexity index is 310. The Balaban J connectivity index is 1.80. The zero-order chi connectivity index (χ0) is 10.7. The fourth-order valence-corrected chi connectivity index (χ4v) is 2.00. The topological polar surface area (TPSA) is 29.3 Å². The predicted octanol–water partition coefficient (Wildman–Crippen LogP) is 1.40. The molecule has 1 aliphatic rings. The molecule has 0 bridgehead atoms. The van der Waals surface area contributed by atoms with E-state index in [0.29, 0.717) is 6.04 Å². The smallest absolute Gasteiger partial charge is 0.123 e. The molecule has 1 saturated heterocycles. The number of benzene rings is 1. The highest BCUT2D eigenvalue weighted by atomic mass is 19.1. The van der Waals surface area contributed by atoms with Gasteiger partial charge in [0.1, 0.15) is 5.82 Å². The van der Waals surface area contributed by atoms with Crippen LogP contribution in [0.4, 0.5) is 4.39 Å². The summed E-state index contributed by atoms with van der Waals surface area (Å²) in [6.07, 6.45) is 2.08. The fourth-order valence-electron chi connectivity index (χ4n) is 2.00. The summed E-state index contributed by atoms with van der Waals surface area (Å²) in [6.45, 7) is 3.13. The van der Waals surface area contributed by atoms with Gasteiger partial charge < -0.3 is 10.6 Å². The zero-order valence-corrected chi connectivity index (χ0v) is 8.82. The summed E-state index contributed by atoms with van der Waals surface area (Å²) in [5.41, 5.74) is 7.01. The van der Waals surface area contributed by atoms with Crippen LogP contribution in [0.3, 0.4) is 0 Å². The molecule has 0 aromatic heterocycles. The first-order chi connectivity index (χ1) is 7.24. The third-order valence-corrected chi connectivity index (χ3v) is 2.94. The van der Waals surface area contributed by atoms with E-state index in [4.69, 9.17) is 5.73 Å². The monoisotopic (exact) mass is 208 g/mol. The average Bonchev–Trinajstić information content (AvgIpc) is 2.64. The standard InChI is InChI=1S/C12H17FN2/c13-11-3-1-10(2-4-11)5-7-15-8-6-12(14)9-15/h1-4,12H,5-9,14H2/t12-/m0/s1. The van der Waals surface area contributed by atoms with E-state index in [9.17, 15) is 4.39 Å². The van der Waals surface area contributed by atoms with Crippen LogP contribution in [0.5, 0.6) is 0 Å². The molecule has 3 heteroatoms. The van der Waals surface area contributed by atoms with E-state index in [-0.39, 0.29) is 5.82 Å². The molecule has 1 atom stereocenters. The lowest BCUT2D eigenvalue weighted by Crippen LogP contribution is -2.28. The van der Waals surface area contributed by atoms with Crippen molar-refractivity contribution in [1.29, 1.82) is 0 Å². The zero-order valence-electron chi connectivity index (χ0n) is 8.82. The molecule has 2 nitrogen and oxygen atoms in total. The lowest BCUT2D eigenvalue weighted by atomic mass is 10.1. The number of hydrogen-bond acceptors (Lipinski definition) is 2. The van der Waals surface area contributed by atoms with Gasteiger partial charge in [-0.3, -0.25) is 0 Å². The molecule has 0 spiro atoms. The van der Waals surface area contributed by atoms with E-state index >= 15 is 0 Å². The van der Waals surface area contributed by atoms with Gasteiger partial charge in [-0.05, 0) is 37.1 Å². The number of nitrogens with zero attached hydrogens (tertiary/aromatic N) is 1. The van der Waals surface area contributed by atoms with Crippen LogP contribution in [0.25, 0.3) is 0 Å². The molecular formula is C12H17FN2. The highest BCUT2D eigenvalue weighted by Crippen LogP contribution is 2.09. The summed E-state index contributed by atoms with van der Waals surface area (Å²) >= 11 is 0. The lowest BCUT2D eigenvalue weighted by Gasteiger charge is -2.14. The average molecular weight is 208 g/mol. The van der Waals surface area contributed by atoms with Crippen molar-refractivity contribution in [3.05, 3.63) is 35.6 Å². The van der Waals surface area contributed by atoms with Crippen LogP contribution >= 0.6 is 0 Å². The van der Waals surface area contributed by atoms with Crippen molar-refractivity contribution >= 4 is 0 Å². The maximum atomic E-state index is 12.7. The highest BCUT2D eigenvalue weighted by Gasteiger charge is 2.17. The van der Waals surface area contributed by atoms with Crippen LogP contribution in [-0.4, -0.2) is 30.6 Å². The first-order valence-corrected chi connectivity index (χ1v) is 5.46. The molecule has 1 heterocycles. The lowest BCUT2D eigenvalue weighted by molar-refractivity contribution is 0.339. The first-order valence-electron chi connectivity index (χ1n) is 5.46. The summed E-state index contributed by atoms with van der Waals surface area (Å²) in [6, 6.07) is 7.09. The van der Waals surface area contributed by atoms with Crippen LogP contribution < -0.4 is 5.73 Å². The molecule has 15 heavy (non-hydrogen) atoms. The Kier molecular flexibility index (Phi) is 3.34. The van der Waals surface area contributed by atoms with Gasteiger partial charge in [-0.15, -0.1) is 0 Å². The van der Waals surface area contributed by atoms with Gasteiger partial charge >= 0.3 is 0 Å². The maximum absolute atomic E-state index is 12.7. The third-order valence-electron chi connectivity index (χ3n) is 2.94. The van der Waals surface area contributed by atoms with E-state index in [1.807, 2.05) is 12.1 Å².